The van der Waals surface area contributed by atoms with Crippen molar-refractivity contribution in [1.82, 2.24) is 9.88 Å². The molecule has 2 atom stereocenters. The fourth-order valence-corrected chi connectivity index (χ4v) is 4.57. The van der Waals surface area contributed by atoms with Gasteiger partial charge in [0.05, 0.1) is 13.2 Å². The Labute approximate surface area is 181 Å². The van der Waals surface area contributed by atoms with Gasteiger partial charge in [-0.2, -0.15) is 0 Å². The van der Waals surface area contributed by atoms with Crippen LogP contribution in [0.15, 0.2) is 36.4 Å². The van der Waals surface area contributed by atoms with E-state index in [1.807, 2.05) is 6.07 Å². The lowest BCUT2D eigenvalue weighted by atomic mass is 9.87. The summed E-state index contributed by atoms with van der Waals surface area (Å²) in [4.78, 5) is 30.4. The molecule has 1 aromatic heterocycles. The van der Waals surface area contributed by atoms with Crippen molar-refractivity contribution in [3.63, 3.8) is 0 Å². The summed E-state index contributed by atoms with van der Waals surface area (Å²) in [5.74, 6) is -0.546. The smallest absolute Gasteiger partial charge is 0.328 e. The van der Waals surface area contributed by atoms with Gasteiger partial charge >= 0.3 is 5.97 Å². The second kappa shape index (κ2) is 7.46. The number of alkyl halides is 1. The zero-order chi connectivity index (χ0) is 21.7. The first-order chi connectivity index (χ1) is 15.0. The molecule has 1 amide bonds. The Balaban J connectivity index is 1.76. The maximum Gasteiger partial charge on any atom is 0.328 e. The number of ether oxygens (including phenoxy) is 3. The van der Waals surface area contributed by atoms with Crippen molar-refractivity contribution < 1.29 is 28.2 Å². The molecule has 2 aromatic carbocycles. The van der Waals surface area contributed by atoms with Crippen molar-refractivity contribution in [3.05, 3.63) is 59.0 Å². The number of fused-ring (bicyclic) bond motifs is 4. The van der Waals surface area contributed by atoms with Crippen molar-refractivity contribution in [2.75, 3.05) is 19.8 Å². The van der Waals surface area contributed by atoms with Crippen LogP contribution >= 0.6 is 11.6 Å². The van der Waals surface area contributed by atoms with Gasteiger partial charge in [0, 0.05) is 23.0 Å². The molecule has 3 heterocycles. The van der Waals surface area contributed by atoms with Gasteiger partial charge in [0.25, 0.3) is 0 Å². The summed E-state index contributed by atoms with van der Waals surface area (Å²) >= 11 is 5.92. The maximum atomic E-state index is 14.0. The van der Waals surface area contributed by atoms with Crippen LogP contribution in [-0.2, 0) is 20.7 Å². The van der Waals surface area contributed by atoms with Gasteiger partial charge in [-0.15, -0.1) is 11.6 Å². The topological polar surface area (TPSA) is 80.9 Å². The van der Waals surface area contributed by atoms with Crippen LogP contribution in [0.2, 0.25) is 0 Å². The molecule has 160 valence electrons. The predicted molar refractivity (Wildman–Crippen MR) is 110 cm³/mol. The number of rotatable bonds is 3. The Kier molecular flexibility index (Phi) is 4.74. The van der Waals surface area contributed by atoms with Crippen LogP contribution in [0.5, 0.6) is 11.5 Å². The second-order valence-corrected chi connectivity index (χ2v) is 7.67. The minimum atomic E-state index is -0.915. The lowest BCUT2D eigenvalue weighted by molar-refractivity contribution is -0.154. The van der Waals surface area contributed by atoms with Gasteiger partial charge in [-0.3, -0.25) is 4.79 Å². The molecule has 0 bridgehead atoms. The first-order valence-electron chi connectivity index (χ1n) is 9.66. The van der Waals surface area contributed by atoms with E-state index < -0.39 is 24.0 Å². The molecular formula is C22H18ClFN2O5. The highest BCUT2D eigenvalue weighted by atomic mass is 35.5. The third-order valence-corrected chi connectivity index (χ3v) is 6.00. The normalized spacial score (nSPS) is 19.4. The summed E-state index contributed by atoms with van der Waals surface area (Å²) in [5.41, 5.74) is 2.86. The number of benzene rings is 2. The molecule has 2 aliphatic rings. The van der Waals surface area contributed by atoms with Crippen LogP contribution in [0.1, 0.15) is 22.9 Å². The van der Waals surface area contributed by atoms with E-state index in [0.717, 1.165) is 5.56 Å². The minimum absolute atomic E-state index is 0.107. The Bertz CT molecular complexity index is 1210. The van der Waals surface area contributed by atoms with Gasteiger partial charge in [0.1, 0.15) is 17.7 Å². The fourth-order valence-electron chi connectivity index (χ4n) is 4.44. The van der Waals surface area contributed by atoms with Crippen LogP contribution in [0.3, 0.4) is 0 Å². The molecule has 2 aliphatic heterocycles. The van der Waals surface area contributed by atoms with Crippen molar-refractivity contribution in [3.8, 4) is 11.5 Å². The van der Waals surface area contributed by atoms with Crippen molar-refractivity contribution in [1.29, 1.82) is 0 Å². The number of aromatic nitrogens is 1. The monoisotopic (exact) mass is 444 g/mol. The average molecular weight is 445 g/mol. The van der Waals surface area contributed by atoms with Crippen LogP contribution in [0.25, 0.3) is 10.9 Å². The molecule has 0 aliphatic carbocycles. The Morgan fingerprint density at radius 3 is 2.81 bits per heavy atom. The number of carbonyl (C=O) groups excluding carboxylic acids is 2. The molecule has 1 N–H and O–H groups in total. The molecule has 0 saturated heterocycles. The van der Waals surface area contributed by atoms with Gasteiger partial charge in [-0.25, -0.2) is 9.18 Å². The van der Waals surface area contributed by atoms with Gasteiger partial charge in [0.15, 0.2) is 11.5 Å². The SMILES string of the molecule is COC(=O)C1Cc2c([nH]c3ccc(F)cc23)C(c2ccc3c(c2)OCO3)N1C(=O)CCl. The number of halogens is 2. The van der Waals surface area contributed by atoms with Gasteiger partial charge in [-0.1, -0.05) is 6.07 Å². The highest BCUT2D eigenvalue weighted by molar-refractivity contribution is 6.27. The summed E-state index contributed by atoms with van der Waals surface area (Å²) in [5, 5.41) is 0.660. The predicted octanol–water partition coefficient (Wildman–Crippen LogP) is 3.29. The molecule has 7 nitrogen and oxygen atoms in total. The number of hydrogen-bond donors (Lipinski definition) is 1. The number of H-pyrrole nitrogens is 1. The third-order valence-electron chi connectivity index (χ3n) is 5.77. The summed E-state index contributed by atoms with van der Waals surface area (Å²) in [6.07, 6.45) is 0.176. The molecule has 0 spiro atoms. The van der Waals surface area contributed by atoms with Crippen molar-refractivity contribution >= 4 is 34.4 Å². The zero-order valence-corrected chi connectivity index (χ0v) is 17.2. The molecule has 2 unspecified atom stereocenters. The van der Waals surface area contributed by atoms with Crippen LogP contribution in [0.4, 0.5) is 4.39 Å². The summed E-state index contributed by atoms with van der Waals surface area (Å²) in [6.45, 7) is 0.107. The number of nitrogens with zero attached hydrogens (tertiary/aromatic N) is 1. The molecule has 31 heavy (non-hydrogen) atoms. The Morgan fingerprint density at radius 2 is 2.03 bits per heavy atom. The largest absolute Gasteiger partial charge is 0.467 e. The van der Waals surface area contributed by atoms with E-state index in [2.05, 4.69) is 4.98 Å². The average Bonchev–Trinajstić information content (AvgIpc) is 3.40. The van der Waals surface area contributed by atoms with E-state index in [1.54, 1.807) is 18.2 Å². The molecule has 0 radical (unpaired) electrons. The lowest BCUT2D eigenvalue weighted by Crippen LogP contribution is -2.52. The highest BCUT2D eigenvalue weighted by Gasteiger charge is 2.44. The molecular weight excluding hydrogens is 427 g/mol. The van der Waals surface area contributed by atoms with Crippen LogP contribution < -0.4 is 9.47 Å². The highest BCUT2D eigenvalue weighted by Crippen LogP contribution is 2.44. The summed E-state index contributed by atoms with van der Waals surface area (Å²) < 4.78 is 29.9. The molecule has 9 heteroatoms. The zero-order valence-electron chi connectivity index (χ0n) is 16.5. The lowest BCUT2D eigenvalue weighted by Gasteiger charge is -2.40. The minimum Gasteiger partial charge on any atom is -0.467 e. The number of hydrogen-bond acceptors (Lipinski definition) is 5. The first kappa shape index (κ1) is 19.7. The summed E-state index contributed by atoms with van der Waals surface area (Å²) in [7, 11) is 1.27. The molecule has 3 aromatic rings. The number of methoxy groups -OCH3 is 1. The molecule has 5 rings (SSSR count). The maximum absolute atomic E-state index is 14.0. The van der Waals surface area contributed by atoms with Crippen LogP contribution in [0, 0.1) is 5.82 Å². The molecule has 0 fully saturated rings. The van der Waals surface area contributed by atoms with E-state index in [1.165, 1.54) is 24.1 Å². The van der Waals surface area contributed by atoms with E-state index in [0.29, 0.717) is 33.7 Å². The van der Waals surface area contributed by atoms with Crippen molar-refractivity contribution in [2.45, 2.75) is 18.5 Å². The number of carbonyl (C=O) groups is 2. The Morgan fingerprint density at radius 1 is 1.23 bits per heavy atom. The first-order valence-corrected chi connectivity index (χ1v) is 10.2. The fraction of sp³-hybridized carbons (Fsp3) is 0.273. The summed E-state index contributed by atoms with van der Waals surface area (Å²) in [6, 6.07) is 8.17. The number of nitrogens with one attached hydrogen (secondary N) is 1. The van der Waals surface area contributed by atoms with E-state index in [9.17, 15) is 14.0 Å². The van der Waals surface area contributed by atoms with Gasteiger partial charge < -0.3 is 24.1 Å². The van der Waals surface area contributed by atoms with Crippen LogP contribution in [-0.4, -0.2) is 47.6 Å². The van der Waals surface area contributed by atoms with Crippen molar-refractivity contribution in [2.24, 2.45) is 0 Å². The van der Waals surface area contributed by atoms with E-state index >= 15 is 0 Å². The number of esters is 1. The van der Waals surface area contributed by atoms with Gasteiger partial charge in [-0.05, 0) is 41.5 Å². The quantitative estimate of drug-likeness (QED) is 0.495. The van der Waals surface area contributed by atoms with E-state index in [-0.39, 0.29) is 24.9 Å². The van der Waals surface area contributed by atoms with E-state index in [4.69, 9.17) is 25.8 Å². The standard InChI is InChI=1S/C22H18ClFN2O5/c1-29-22(28)16-8-14-13-7-12(24)3-4-15(13)25-20(14)21(26(16)19(27)9-23)11-2-5-17-18(6-11)31-10-30-17/h2-7,16,21,25H,8-10H2,1H3. The third kappa shape index (κ3) is 3.09. The Hall–Kier alpha value is -3.26. The van der Waals surface area contributed by atoms with Gasteiger partial charge in [0.2, 0.25) is 12.7 Å². The molecule has 0 saturated carbocycles. The second-order valence-electron chi connectivity index (χ2n) is 7.40. The number of aromatic amines is 1. The number of amides is 1.